The van der Waals surface area contributed by atoms with E-state index in [-0.39, 0.29) is 28.0 Å². The number of hydrogen-bond donors (Lipinski definition) is 3. The highest BCUT2D eigenvalue weighted by Gasteiger charge is 2.24. The lowest BCUT2D eigenvalue weighted by atomic mass is 10.0. The van der Waals surface area contributed by atoms with Crippen LogP contribution < -0.4 is 16.8 Å². The summed E-state index contributed by atoms with van der Waals surface area (Å²) in [6, 6.07) is 0.633. The average molecular weight is 304 g/mol. The monoisotopic (exact) mass is 303 g/mol. The lowest BCUT2D eigenvalue weighted by molar-refractivity contribution is -0.141. The molecular weight excluding hydrogens is 285 g/mol. The number of esters is 1. The molecule has 5 nitrogen and oxygen atoms in total. The van der Waals surface area contributed by atoms with Crippen LogP contribution in [0.3, 0.4) is 0 Å². The molecule has 1 unspecified atom stereocenters. The van der Waals surface area contributed by atoms with Gasteiger partial charge >= 0.3 is 5.97 Å². The van der Waals surface area contributed by atoms with Gasteiger partial charge in [-0.2, -0.15) is 0 Å². The van der Waals surface area contributed by atoms with Gasteiger partial charge in [0.25, 0.3) is 0 Å². The summed E-state index contributed by atoms with van der Waals surface area (Å²) in [7, 11) is 1.27. The Morgan fingerprint density at radius 3 is 2.55 bits per heavy atom. The number of ether oxygens (including phenoxy) is 1. The lowest BCUT2D eigenvalue weighted by Crippen LogP contribution is -2.32. The topological polar surface area (TPSA) is 90.4 Å². The van der Waals surface area contributed by atoms with E-state index in [4.69, 9.17) is 27.8 Å². The maximum absolute atomic E-state index is 14.1. The minimum atomic E-state index is -0.776. The lowest BCUT2D eigenvalue weighted by Gasteiger charge is -2.21. The Labute approximate surface area is 122 Å². The molecule has 0 fully saturated rings. The third-order valence-electron chi connectivity index (χ3n) is 2.78. The highest BCUT2D eigenvalue weighted by Crippen LogP contribution is 2.34. The third kappa shape index (κ3) is 3.66. The molecule has 1 atom stereocenters. The molecule has 0 aliphatic heterocycles. The van der Waals surface area contributed by atoms with Crippen LogP contribution in [0.1, 0.15) is 20.3 Å². The molecule has 0 amide bonds. The fraction of sp³-hybridized carbons (Fsp3) is 0.462. The van der Waals surface area contributed by atoms with Crippen molar-refractivity contribution in [1.29, 1.82) is 0 Å². The smallest absolute Gasteiger partial charge is 0.328 e. The van der Waals surface area contributed by atoms with Crippen molar-refractivity contribution in [3.63, 3.8) is 0 Å². The number of carbonyl (C=O) groups is 1. The predicted octanol–water partition coefficient (Wildman–Crippen LogP) is 2.64. The van der Waals surface area contributed by atoms with E-state index in [0.717, 1.165) is 0 Å². The fourth-order valence-corrected chi connectivity index (χ4v) is 1.96. The van der Waals surface area contributed by atoms with Gasteiger partial charge in [0, 0.05) is 0 Å². The summed E-state index contributed by atoms with van der Waals surface area (Å²) in [4.78, 5) is 11.7. The molecule has 0 aliphatic rings. The van der Waals surface area contributed by atoms with Gasteiger partial charge in [0.1, 0.15) is 11.1 Å². The molecule has 7 heteroatoms. The first-order chi connectivity index (χ1) is 9.27. The highest BCUT2D eigenvalue weighted by atomic mass is 35.5. The molecule has 0 saturated carbocycles. The minimum absolute atomic E-state index is 0.0414. The first-order valence-corrected chi connectivity index (χ1v) is 6.53. The van der Waals surface area contributed by atoms with Crippen LogP contribution in [0.2, 0.25) is 5.02 Å². The number of anilines is 3. The molecule has 0 radical (unpaired) electrons. The summed E-state index contributed by atoms with van der Waals surface area (Å²) in [6.07, 6.45) is 0.466. The van der Waals surface area contributed by atoms with E-state index in [9.17, 15) is 9.18 Å². The Hall–Kier alpha value is -1.69. The second-order valence-electron chi connectivity index (χ2n) is 4.91. The standard InChI is InChI=1S/C13H19ClFN3O2/c1-6(2)4-9(13(19)20-3)18-12-8(17)5-7(16)10(14)11(12)15/h5-6,9,18H,4,16-17H2,1-3H3. The molecular formula is C13H19ClFN3O2. The van der Waals surface area contributed by atoms with Crippen LogP contribution in [0.15, 0.2) is 6.07 Å². The zero-order valence-electron chi connectivity index (χ0n) is 11.7. The predicted molar refractivity (Wildman–Crippen MR) is 79.1 cm³/mol. The number of halogens is 2. The van der Waals surface area contributed by atoms with Gasteiger partial charge in [-0.3, -0.25) is 0 Å². The summed E-state index contributed by atoms with van der Waals surface area (Å²) >= 11 is 5.75. The summed E-state index contributed by atoms with van der Waals surface area (Å²) in [5.74, 6) is -1.06. The number of carbonyl (C=O) groups excluding carboxylic acids is 1. The summed E-state index contributed by atoms with van der Waals surface area (Å²) in [5, 5.41) is 2.52. The van der Waals surface area contributed by atoms with Crippen LogP contribution in [0.4, 0.5) is 21.5 Å². The number of nitrogen functional groups attached to an aromatic ring is 2. The highest BCUT2D eigenvalue weighted by molar-refractivity contribution is 6.33. The first kappa shape index (κ1) is 16.4. The zero-order chi connectivity index (χ0) is 15.4. The van der Waals surface area contributed by atoms with E-state index >= 15 is 0 Å². The van der Waals surface area contributed by atoms with Gasteiger partial charge in [-0.15, -0.1) is 0 Å². The van der Waals surface area contributed by atoms with Crippen molar-refractivity contribution in [3.8, 4) is 0 Å². The number of nitrogens with two attached hydrogens (primary N) is 2. The quantitative estimate of drug-likeness (QED) is 0.574. The Bertz CT molecular complexity index is 509. The van der Waals surface area contributed by atoms with E-state index < -0.39 is 17.8 Å². The van der Waals surface area contributed by atoms with E-state index in [2.05, 4.69) is 5.32 Å². The Morgan fingerprint density at radius 2 is 2.05 bits per heavy atom. The van der Waals surface area contributed by atoms with E-state index in [1.54, 1.807) is 0 Å². The molecule has 0 saturated heterocycles. The van der Waals surface area contributed by atoms with Gasteiger partial charge in [0.15, 0.2) is 5.82 Å². The zero-order valence-corrected chi connectivity index (χ0v) is 12.4. The van der Waals surface area contributed by atoms with Crippen LogP contribution in [0.5, 0.6) is 0 Å². The van der Waals surface area contributed by atoms with Crippen molar-refractivity contribution >= 4 is 34.6 Å². The van der Waals surface area contributed by atoms with Gasteiger partial charge in [-0.1, -0.05) is 25.4 Å². The molecule has 112 valence electrons. The number of benzene rings is 1. The van der Waals surface area contributed by atoms with Gasteiger partial charge < -0.3 is 21.5 Å². The van der Waals surface area contributed by atoms with Crippen molar-refractivity contribution in [2.24, 2.45) is 5.92 Å². The van der Waals surface area contributed by atoms with Crippen molar-refractivity contribution in [2.75, 3.05) is 23.9 Å². The number of nitrogens with one attached hydrogen (secondary N) is 1. The molecule has 0 spiro atoms. The SMILES string of the molecule is COC(=O)C(CC(C)C)Nc1c(N)cc(N)c(Cl)c1F. The van der Waals surface area contributed by atoms with Gasteiger partial charge in [0.2, 0.25) is 0 Å². The van der Waals surface area contributed by atoms with E-state index in [1.165, 1.54) is 13.2 Å². The van der Waals surface area contributed by atoms with Gasteiger partial charge in [0.05, 0.1) is 24.2 Å². The minimum Gasteiger partial charge on any atom is -0.467 e. The maximum Gasteiger partial charge on any atom is 0.328 e. The molecule has 0 heterocycles. The molecule has 5 N–H and O–H groups in total. The molecule has 20 heavy (non-hydrogen) atoms. The molecule has 1 aromatic carbocycles. The average Bonchev–Trinajstić information content (AvgIpc) is 2.38. The summed E-state index contributed by atoms with van der Waals surface area (Å²) in [6.45, 7) is 3.88. The maximum atomic E-state index is 14.1. The number of methoxy groups -OCH3 is 1. The van der Waals surface area contributed by atoms with Crippen molar-refractivity contribution in [3.05, 3.63) is 16.9 Å². The molecule has 1 aromatic rings. The van der Waals surface area contributed by atoms with Gasteiger partial charge in [-0.05, 0) is 18.4 Å². The molecule has 1 rings (SSSR count). The van der Waals surface area contributed by atoms with E-state index in [0.29, 0.717) is 6.42 Å². The molecule has 0 aliphatic carbocycles. The largest absolute Gasteiger partial charge is 0.467 e. The van der Waals surface area contributed by atoms with Crippen LogP contribution in [-0.4, -0.2) is 19.1 Å². The van der Waals surface area contributed by atoms with Crippen LogP contribution in [-0.2, 0) is 9.53 Å². The first-order valence-electron chi connectivity index (χ1n) is 6.15. The molecule has 0 aromatic heterocycles. The normalized spacial score (nSPS) is 12.3. The van der Waals surface area contributed by atoms with Crippen LogP contribution in [0.25, 0.3) is 0 Å². The van der Waals surface area contributed by atoms with Crippen LogP contribution in [0, 0.1) is 11.7 Å². The Balaban J connectivity index is 3.11. The van der Waals surface area contributed by atoms with Crippen molar-refractivity contribution < 1.29 is 13.9 Å². The Kier molecular flexibility index (Phi) is 5.44. The van der Waals surface area contributed by atoms with Crippen LogP contribution >= 0.6 is 11.6 Å². The number of rotatable bonds is 5. The van der Waals surface area contributed by atoms with Crippen molar-refractivity contribution in [2.45, 2.75) is 26.3 Å². The molecule has 0 bridgehead atoms. The summed E-state index contributed by atoms with van der Waals surface area (Å²) < 4.78 is 18.8. The van der Waals surface area contributed by atoms with E-state index in [1.807, 2.05) is 13.8 Å². The second-order valence-corrected chi connectivity index (χ2v) is 5.29. The Morgan fingerprint density at radius 1 is 1.45 bits per heavy atom. The fourth-order valence-electron chi connectivity index (χ4n) is 1.81. The van der Waals surface area contributed by atoms with Crippen molar-refractivity contribution in [1.82, 2.24) is 0 Å². The summed E-state index contributed by atoms with van der Waals surface area (Å²) in [5.41, 5.74) is 11.3. The van der Waals surface area contributed by atoms with Gasteiger partial charge in [-0.25, -0.2) is 9.18 Å². The number of hydrogen-bond acceptors (Lipinski definition) is 5. The second kappa shape index (κ2) is 6.65. The third-order valence-corrected chi connectivity index (χ3v) is 3.16.